The van der Waals surface area contributed by atoms with Crippen LogP contribution in [0.15, 0.2) is 12.1 Å². The van der Waals surface area contributed by atoms with Gasteiger partial charge in [0.25, 0.3) is 0 Å². The summed E-state index contributed by atoms with van der Waals surface area (Å²) >= 11 is 0. The van der Waals surface area contributed by atoms with Gasteiger partial charge in [-0.05, 0) is 11.6 Å². The fraction of sp³-hybridized carbons (Fsp3) is 0.500. The molecular weight excluding hydrogens is 174 g/mol. The van der Waals surface area contributed by atoms with Crippen molar-refractivity contribution in [3.8, 4) is 5.75 Å². The normalized spacial score (nSPS) is 21.0. The van der Waals surface area contributed by atoms with E-state index in [1.165, 1.54) is 16.8 Å². The molecule has 14 heavy (non-hydrogen) atoms. The summed E-state index contributed by atoms with van der Waals surface area (Å²) in [5, 5.41) is 3.51. The van der Waals surface area contributed by atoms with Crippen LogP contribution in [0, 0.1) is 0 Å². The third-order valence-electron chi connectivity index (χ3n) is 3.32. The van der Waals surface area contributed by atoms with Gasteiger partial charge in [0, 0.05) is 29.6 Å². The van der Waals surface area contributed by atoms with Gasteiger partial charge in [0.2, 0.25) is 0 Å². The molecule has 1 N–H and O–H groups in total. The summed E-state index contributed by atoms with van der Waals surface area (Å²) in [5.74, 6) is 1.08. The summed E-state index contributed by atoms with van der Waals surface area (Å²) in [6, 6.07) is 4.33. The molecule has 74 valence electrons. The highest BCUT2D eigenvalue weighted by molar-refractivity contribution is 5.69. The lowest BCUT2D eigenvalue weighted by Crippen LogP contribution is -2.18. The molecule has 2 aliphatic rings. The Morgan fingerprint density at radius 3 is 3.07 bits per heavy atom. The van der Waals surface area contributed by atoms with E-state index >= 15 is 0 Å². The van der Waals surface area contributed by atoms with Gasteiger partial charge < -0.3 is 10.1 Å². The lowest BCUT2D eigenvalue weighted by atomic mass is 9.86. The fourth-order valence-corrected chi connectivity index (χ4v) is 2.45. The van der Waals surface area contributed by atoms with Crippen molar-refractivity contribution in [1.82, 2.24) is 0 Å². The number of hydrogen-bond donors (Lipinski definition) is 1. The van der Waals surface area contributed by atoms with Crippen molar-refractivity contribution >= 4 is 5.69 Å². The predicted molar refractivity (Wildman–Crippen MR) is 57.2 cm³/mol. The number of hydrogen-bond acceptors (Lipinski definition) is 2. The Balaban J connectivity index is 2.22. The van der Waals surface area contributed by atoms with Gasteiger partial charge in [0.15, 0.2) is 0 Å². The number of anilines is 1. The molecule has 2 heteroatoms. The molecule has 0 saturated heterocycles. The lowest BCUT2D eigenvalue weighted by Gasteiger charge is -2.17. The third kappa shape index (κ3) is 0.912. The molecule has 1 aromatic carbocycles. The Hall–Kier alpha value is -1.18. The minimum atomic E-state index is 0.271. The number of fused-ring (bicyclic) bond motifs is 3. The van der Waals surface area contributed by atoms with Crippen LogP contribution in [-0.2, 0) is 11.8 Å². The summed E-state index contributed by atoms with van der Waals surface area (Å²) < 4.78 is 5.55. The zero-order valence-corrected chi connectivity index (χ0v) is 8.68. The Morgan fingerprint density at radius 2 is 2.21 bits per heavy atom. The van der Waals surface area contributed by atoms with E-state index < -0.39 is 0 Å². The highest BCUT2D eigenvalue weighted by atomic mass is 16.5. The molecule has 3 rings (SSSR count). The van der Waals surface area contributed by atoms with Crippen LogP contribution in [0.3, 0.4) is 0 Å². The standard InChI is InChI=1S/C12H15NO/c1-12(2)7-13-11-8-5-6-14-10(8)4-3-9(11)12/h3-4,13H,5-7H2,1-2H3. The summed E-state index contributed by atoms with van der Waals surface area (Å²) in [6.07, 6.45) is 1.06. The molecule has 0 fully saturated rings. The Kier molecular flexibility index (Phi) is 1.42. The summed E-state index contributed by atoms with van der Waals surface area (Å²) in [6.45, 7) is 6.45. The van der Waals surface area contributed by atoms with Gasteiger partial charge in [-0.2, -0.15) is 0 Å². The first-order valence-corrected chi connectivity index (χ1v) is 5.21. The van der Waals surface area contributed by atoms with Crippen molar-refractivity contribution in [3.05, 3.63) is 23.3 Å². The molecule has 0 amide bonds. The van der Waals surface area contributed by atoms with Crippen molar-refractivity contribution in [2.75, 3.05) is 18.5 Å². The maximum atomic E-state index is 5.55. The summed E-state index contributed by atoms with van der Waals surface area (Å²) in [7, 11) is 0. The zero-order valence-electron chi connectivity index (χ0n) is 8.68. The van der Waals surface area contributed by atoms with Gasteiger partial charge in [-0.3, -0.25) is 0 Å². The Bertz CT molecular complexity index is 396. The minimum absolute atomic E-state index is 0.271. The first-order valence-electron chi connectivity index (χ1n) is 5.21. The second-order valence-electron chi connectivity index (χ2n) is 4.80. The Morgan fingerprint density at radius 1 is 1.36 bits per heavy atom. The van der Waals surface area contributed by atoms with Gasteiger partial charge in [0.05, 0.1) is 6.61 Å². The van der Waals surface area contributed by atoms with Crippen LogP contribution >= 0.6 is 0 Å². The van der Waals surface area contributed by atoms with Crippen LogP contribution in [0.25, 0.3) is 0 Å². The van der Waals surface area contributed by atoms with Crippen LogP contribution in [0.1, 0.15) is 25.0 Å². The van der Waals surface area contributed by atoms with Gasteiger partial charge in [0.1, 0.15) is 5.75 Å². The molecule has 0 aliphatic carbocycles. The van der Waals surface area contributed by atoms with Crippen molar-refractivity contribution in [2.24, 2.45) is 0 Å². The van der Waals surface area contributed by atoms with Gasteiger partial charge in [-0.25, -0.2) is 0 Å². The van der Waals surface area contributed by atoms with Crippen LogP contribution in [-0.4, -0.2) is 13.2 Å². The highest BCUT2D eigenvalue weighted by Crippen LogP contribution is 2.43. The van der Waals surface area contributed by atoms with E-state index in [1.54, 1.807) is 0 Å². The molecule has 0 aromatic heterocycles. The molecule has 2 nitrogen and oxygen atoms in total. The van der Waals surface area contributed by atoms with Gasteiger partial charge in [-0.1, -0.05) is 19.9 Å². The van der Waals surface area contributed by atoms with E-state index in [2.05, 4.69) is 31.3 Å². The minimum Gasteiger partial charge on any atom is -0.493 e. The summed E-state index contributed by atoms with van der Waals surface area (Å²) in [4.78, 5) is 0. The summed E-state index contributed by atoms with van der Waals surface area (Å²) in [5.41, 5.74) is 4.44. The third-order valence-corrected chi connectivity index (χ3v) is 3.32. The fourth-order valence-electron chi connectivity index (χ4n) is 2.45. The smallest absolute Gasteiger partial charge is 0.124 e. The maximum Gasteiger partial charge on any atom is 0.124 e. The number of nitrogens with one attached hydrogen (secondary N) is 1. The van der Waals surface area contributed by atoms with Gasteiger partial charge >= 0.3 is 0 Å². The molecule has 0 spiro atoms. The Labute approximate surface area is 84.3 Å². The van der Waals surface area contributed by atoms with E-state index in [1.807, 2.05) is 0 Å². The van der Waals surface area contributed by atoms with Crippen LogP contribution in [0.4, 0.5) is 5.69 Å². The molecule has 2 heterocycles. The van der Waals surface area contributed by atoms with Crippen molar-refractivity contribution < 1.29 is 4.74 Å². The second-order valence-corrected chi connectivity index (χ2v) is 4.80. The molecule has 0 radical (unpaired) electrons. The topological polar surface area (TPSA) is 21.3 Å². The number of benzene rings is 1. The maximum absolute atomic E-state index is 5.55. The average Bonchev–Trinajstić information content (AvgIpc) is 2.69. The first-order chi connectivity index (χ1) is 6.68. The molecule has 1 aromatic rings. The van der Waals surface area contributed by atoms with E-state index in [0.717, 1.165) is 25.3 Å². The molecule has 0 saturated carbocycles. The monoisotopic (exact) mass is 189 g/mol. The van der Waals surface area contributed by atoms with E-state index in [9.17, 15) is 0 Å². The van der Waals surface area contributed by atoms with E-state index in [-0.39, 0.29) is 5.41 Å². The average molecular weight is 189 g/mol. The van der Waals surface area contributed by atoms with E-state index in [0.29, 0.717) is 0 Å². The predicted octanol–water partition coefficient (Wildman–Crippen LogP) is 2.32. The first kappa shape index (κ1) is 8.16. The molecule has 0 atom stereocenters. The molecular formula is C12H15NO. The van der Waals surface area contributed by atoms with Crippen molar-refractivity contribution in [1.29, 1.82) is 0 Å². The highest BCUT2D eigenvalue weighted by Gasteiger charge is 2.33. The van der Waals surface area contributed by atoms with Crippen LogP contribution < -0.4 is 10.1 Å². The number of ether oxygens (including phenoxy) is 1. The zero-order chi connectivity index (χ0) is 9.76. The van der Waals surface area contributed by atoms with Crippen LogP contribution in [0.5, 0.6) is 5.75 Å². The molecule has 0 bridgehead atoms. The van der Waals surface area contributed by atoms with Crippen LogP contribution in [0.2, 0.25) is 0 Å². The molecule has 2 aliphatic heterocycles. The second kappa shape index (κ2) is 2.44. The SMILES string of the molecule is CC1(C)CNc2c1ccc1c2CCO1. The largest absolute Gasteiger partial charge is 0.493 e. The van der Waals surface area contributed by atoms with E-state index in [4.69, 9.17) is 4.74 Å². The van der Waals surface area contributed by atoms with Crippen molar-refractivity contribution in [3.63, 3.8) is 0 Å². The van der Waals surface area contributed by atoms with Gasteiger partial charge in [-0.15, -0.1) is 0 Å². The van der Waals surface area contributed by atoms with Crippen molar-refractivity contribution in [2.45, 2.75) is 25.7 Å². The quantitative estimate of drug-likeness (QED) is 0.676. The molecule has 0 unspecified atom stereocenters. The lowest BCUT2D eigenvalue weighted by molar-refractivity contribution is 0.356. The number of rotatable bonds is 0.